The molecule has 0 aliphatic carbocycles. The van der Waals surface area contributed by atoms with Crippen LogP contribution in [0, 0.1) is 0 Å². The number of likely N-dealkylation sites (N-methyl/N-ethyl adjacent to an activating group) is 1. The molecule has 1 saturated heterocycles. The smallest absolute Gasteiger partial charge is 0.261 e. The maximum atomic E-state index is 12.8. The van der Waals surface area contributed by atoms with Crippen LogP contribution < -0.4 is 10.6 Å². The minimum atomic E-state index is -0.152. The zero-order chi connectivity index (χ0) is 24.5. The number of hydrogen-bond acceptors (Lipinski definition) is 6. The van der Waals surface area contributed by atoms with Gasteiger partial charge in [0.15, 0.2) is 5.82 Å². The molecule has 8 nitrogen and oxygen atoms in total. The van der Waals surface area contributed by atoms with Gasteiger partial charge in [-0.25, -0.2) is 4.98 Å². The Kier molecular flexibility index (Phi) is 6.68. The molecular formula is C25H25BrN6O2S. The Labute approximate surface area is 215 Å². The first-order chi connectivity index (χ1) is 16.9. The Morgan fingerprint density at radius 3 is 2.69 bits per heavy atom. The number of halogens is 1. The molecule has 10 heteroatoms. The molecule has 0 bridgehead atoms. The van der Waals surface area contributed by atoms with Crippen LogP contribution in [0.5, 0.6) is 0 Å². The number of likely N-dealkylation sites (tertiary alicyclic amines) is 1. The zero-order valence-corrected chi connectivity index (χ0v) is 21.8. The van der Waals surface area contributed by atoms with E-state index in [1.165, 1.54) is 11.3 Å². The molecule has 2 N–H and O–H groups in total. The standard InChI is InChI=1S/C25H25BrN6O2S/c1-27-24(33)15-6-7-20-19(11-15)30-23(18-5-3-4-10-28-18)32(20)17-12-16(13-31(2)14-17)29-25(34)21-8-9-22(26)35-21/h3-11,16-17H,12-14H2,1-2H3,(H,27,33)(H,29,34). The van der Waals surface area contributed by atoms with Gasteiger partial charge in [0.2, 0.25) is 0 Å². The third-order valence-electron chi connectivity index (χ3n) is 6.18. The number of rotatable bonds is 5. The van der Waals surface area contributed by atoms with Crippen LogP contribution >= 0.6 is 27.3 Å². The molecule has 0 radical (unpaired) electrons. The molecule has 3 aromatic heterocycles. The molecule has 1 aromatic carbocycles. The predicted octanol–water partition coefficient (Wildman–Crippen LogP) is 3.96. The van der Waals surface area contributed by atoms with E-state index in [-0.39, 0.29) is 23.9 Å². The van der Waals surface area contributed by atoms with Crippen molar-refractivity contribution in [3.8, 4) is 11.5 Å². The van der Waals surface area contributed by atoms with E-state index in [0.29, 0.717) is 10.4 Å². The van der Waals surface area contributed by atoms with Crippen molar-refractivity contribution in [3.05, 3.63) is 69.0 Å². The second kappa shape index (κ2) is 9.88. The van der Waals surface area contributed by atoms with Crippen LogP contribution in [-0.2, 0) is 0 Å². The van der Waals surface area contributed by atoms with E-state index in [1.54, 1.807) is 13.2 Å². The van der Waals surface area contributed by atoms with Gasteiger partial charge in [0, 0.05) is 37.9 Å². The number of carbonyl (C=O) groups is 2. The van der Waals surface area contributed by atoms with Gasteiger partial charge >= 0.3 is 0 Å². The quantitative estimate of drug-likeness (QED) is 0.391. The van der Waals surface area contributed by atoms with Crippen LogP contribution in [0.3, 0.4) is 0 Å². The molecule has 35 heavy (non-hydrogen) atoms. The van der Waals surface area contributed by atoms with Crippen molar-refractivity contribution in [3.63, 3.8) is 0 Å². The number of fused-ring (bicyclic) bond motifs is 1. The summed E-state index contributed by atoms with van der Waals surface area (Å²) in [5.41, 5.74) is 3.00. The molecule has 4 heterocycles. The molecule has 4 aromatic rings. The predicted molar refractivity (Wildman–Crippen MR) is 141 cm³/mol. The van der Waals surface area contributed by atoms with Crippen molar-refractivity contribution >= 4 is 50.1 Å². The summed E-state index contributed by atoms with van der Waals surface area (Å²) in [4.78, 5) is 37.4. The molecule has 1 fully saturated rings. The number of carbonyl (C=O) groups excluding carboxylic acids is 2. The van der Waals surface area contributed by atoms with Crippen molar-refractivity contribution in [2.24, 2.45) is 0 Å². The van der Waals surface area contributed by atoms with E-state index in [9.17, 15) is 9.59 Å². The fourth-order valence-electron chi connectivity index (χ4n) is 4.70. The second-order valence-electron chi connectivity index (χ2n) is 8.69. The lowest BCUT2D eigenvalue weighted by molar-refractivity contribution is 0.0897. The van der Waals surface area contributed by atoms with Crippen LogP contribution in [0.15, 0.2) is 58.5 Å². The molecule has 2 unspecified atom stereocenters. The Morgan fingerprint density at radius 1 is 1.11 bits per heavy atom. The summed E-state index contributed by atoms with van der Waals surface area (Å²) < 4.78 is 3.14. The Hall–Kier alpha value is -3.08. The number of pyridine rings is 1. The van der Waals surface area contributed by atoms with Crippen LogP contribution in [0.1, 0.15) is 32.5 Å². The van der Waals surface area contributed by atoms with Gasteiger partial charge in [-0.1, -0.05) is 6.07 Å². The van der Waals surface area contributed by atoms with E-state index in [2.05, 4.69) is 48.1 Å². The number of aromatic nitrogens is 3. The summed E-state index contributed by atoms with van der Waals surface area (Å²) in [6, 6.07) is 15.1. The maximum Gasteiger partial charge on any atom is 0.261 e. The molecule has 0 saturated carbocycles. The van der Waals surface area contributed by atoms with E-state index < -0.39 is 0 Å². The van der Waals surface area contributed by atoms with Crippen molar-refractivity contribution in [1.82, 2.24) is 30.1 Å². The first-order valence-corrected chi connectivity index (χ1v) is 12.9. The van der Waals surface area contributed by atoms with Gasteiger partial charge in [-0.15, -0.1) is 11.3 Å². The van der Waals surface area contributed by atoms with Crippen LogP contribution in [0.25, 0.3) is 22.6 Å². The molecule has 0 spiro atoms. The lowest BCUT2D eigenvalue weighted by atomic mass is 10.00. The van der Waals surface area contributed by atoms with E-state index in [1.807, 2.05) is 48.5 Å². The Morgan fingerprint density at radius 2 is 1.97 bits per heavy atom. The van der Waals surface area contributed by atoms with Gasteiger partial charge in [-0.2, -0.15) is 0 Å². The fraction of sp³-hybridized carbons (Fsp3) is 0.280. The highest BCUT2D eigenvalue weighted by atomic mass is 79.9. The number of amides is 2. The van der Waals surface area contributed by atoms with Crippen LogP contribution in [0.4, 0.5) is 0 Å². The summed E-state index contributed by atoms with van der Waals surface area (Å²) in [6.45, 7) is 1.57. The second-order valence-corrected chi connectivity index (χ2v) is 11.2. The highest BCUT2D eigenvalue weighted by Crippen LogP contribution is 2.32. The number of hydrogen-bond donors (Lipinski definition) is 2. The molecule has 1 aliphatic heterocycles. The number of imidazole rings is 1. The van der Waals surface area contributed by atoms with Gasteiger partial charge in [-0.3, -0.25) is 14.6 Å². The maximum absolute atomic E-state index is 12.8. The third kappa shape index (κ3) is 4.86. The Bertz CT molecular complexity index is 1390. The van der Waals surface area contributed by atoms with Gasteiger partial charge in [-0.05, 0) is 71.9 Å². The van der Waals surface area contributed by atoms with Crippen LogP contribution in [-0.4, -0.2) is 64.5 Å². The molecule has 5 rings (SSSR count). The summed E-state index contributed by atoms with van der Waals surface area (Å²) in [7, 11) is 3.68. The lowest BCUT2D eigenvalue weighted by Crippen LogP contribution is -2.49. The molecule has 1 aliphatic rings. The Balaban J connectivity index is 1.52. The zero-order valence-electron chi connectivity index (χ0n) is 19.4. The van der Waals surface area contributed by atoms with Gasteiger partial charge in [0.05, 0.1) is 25.7 Å². The number of nitrogens with zero attached hydrogens (tertiary/aromatic N) is 4. The third-order valence-corrected chi connectivity index (χ3v) is 7.80. The minimum absolute atomic E-state index is 0.0219. The SMILES string of the molecule is CNC(=O)c1ccc2c(c1)nc(-c1ccccn1)n2C1CC(NC(=O)c2ccc(Br)s2)CN(C)C1. The first-order valence-electron chi connectivity index (χ1n) is 11.3. The molecule has 2 atom stereocenters. The molecule has 180 valence electrons. The average molecular weight is 553 g/mol. The van der Waals surface area contributed by atoms with Crippen molar-refractivity contribution in [2.75, 3.05) is 27.2 Å². The van der Waals surface area contributed by atoms with Crippen molar-refractivity contribution in [2.45, 2.75) is 18.5 Å². The summed E-state index contributed by atoms with van der Waals surface area (Å²) in [5.74, 6) is 0.541. The number of piperidine rings is 1. The van der Waals surface area contributed by atoms with Crippen LogP contribution in [0.2, 0.25) is 0 Å². The first kappa shape index (κ1) is 23.7. The number of thiophene rings is 1. The minimum Gasteiger partial charge on any atom is -0.355 e. The van der Waals surface area contributed by atoms with Crippen molar-refractivity contribution < 1.29 is 9.59 Å². The van der Waals surface area contributed by atoms with Crippen molar-refractivity contribution in [1.29, 1.82) is 0 Å². The fourth-order valence-corrected chi connectivity index (χ4v) is 5.99. The summed E-state index contributed by atoms with van der Waals surface area (Å²) >= 11 is 4.86. The average Bonchev–Trinajstić information content (AvgIpc) is 3.47. The highest BCUT2D eigenvalue weighted by Gasteiger charge is 2.31. The summed E-state index contributed by atoms with van der Waals surface area (Å²) in [6.07, 6.45) is 2.51. The number of nitrogens with one attached hydrogen (secondary N) is 2. The number of benzene rings is 1. The van der Waals surface area contributed by atoms with Gasteiger partial charge in [0.25, 0.3) is 11.8 Å². The topological polar surface area (TPSA) is 92.1 Å². The highest BCUT2D eigenvalue weighted by molar-refractivity contribution is 9.11. The monoisotopic (exact) mass is 552 g/mol. The van der Waals surface area contributed by atoms with E-state index in [4.69, 9.17) is 4.98 Å². The molecular weight excluding hydrogens is 528 g/mol. The van der Waals surface area contributed by atoms with E-state index in [0.717, 1.165) is 45.8 Å². The lowest BCUT2D eigenvalue weighted by Gasteiger charge is -2.37. The van der Waals surface area contributed by atoms with E-state index >= 15 is 0 Å². The normalized spacial score (nSPS) is 18.5. The summed E-state index contributed by atoms with van der Waals surface area (Å²) in [5, 5.41) is 5.89. The largest absolute Gasteiger partial charge is 0.355 e. The van der Waals surface area contributed by atoms with Gasteiger partial charge < -0.3 is 20.1 Å². The molecule has 2 amide bonds. The van der Waals surface area contributed by atoms with Gasteiger partial charge in [0.1, 0.15) is 5.69 Å².